The summed E-state index contributed by atoms with van der Waals surface area (Å²) in [6.07, 6.45) is 0.380. The van der Waals surface area contributed by atoms with Gasteiger partial charge in [0.25, 0.3) is 0 Å². The Balaban J connectivity index is 1.59. The smallest absolute Gasteiger partial charge is 0.491 e. The van der Waals surface area contributed by atoms with Crippen molar-refractivity contribution in [1.82, 2.24) is 0 Å². The van der Waals surface area contributed by atoms with Crippen molar-refractivity contribution in [2.75, 3.05) is 25.2 Å². The zero-order chi connectivity index (χ0) is 21.5. The zero-order valence-corrected chi connectivity index (χ0v) is 18.2. The first-order valence-corrected chi connectivity index (χ1v) is 10.2. The molecule has 0 unspecified atom stereocenters. The summed E-state index contributed by atoms with van der Waals surface area (Å²) in [7, 11) is 1.18. The highest BCUT2D eigenvalue weighted by atomic mass is 16.7. The van der Waals surface area contributed by atoms with Crippen molar-refractivity contribution < 1.29 is 23.6 Å². The standard InChI is InChI=1S/C23H28BNO5/c1-22(2)23(3,4)30-24(29-22)17-7-6-16-14-21(26)25(20(16)15-17)18-8-10-19(11-9-18)28-13-12-27-5/h6-11,15H,12-14H2,1-5H3. The van der Waals surface area contributed by atoms with E-state index in [0.29, 0.717) is 19.6 Å². The molecule has 2 heterocycles. The van der Waals surface area contributed by atoms with E-state index >= 15 is 0 Å². The molecule has 0 aromatic heterocycles. The van der Waals surface area contributed by atoms with Crippen LogP contribution in [0.2, 0.25) is 0 Å². The molecule has 0 atom stereocenters. The first-order chi connectivity index (χ1) is 14.2. The van der Waals surface area contributed by atoms with Gasteiger partial charge in [0.05, 0.1) is 29.9 Å². The highest BCUT2D eigenvalue weighted by Gasteiger charge is 2.52. The fourth-order valence-corrected chi connectivity index (χ4v) is 3.66. The normalized spacial score (nSPS) is 19.3. The van der Waals surface area contributed by atoms with Crippen molar-refractivity contribution in [3.63, 3.8) is 0 Å². The van der Waals surface area contributed by atoms with Gasteiger partial charge < -0.3 is 18.8 Å². The molecule has 0 aliphatic carbocycles. The van der Waals surface area contributed by atoms with Gasteiger partial charge in [-0.25, -0.2) is 0 Å². The van der Waals surface area contributed by atoms with Gasteiger partial charge in [-0.05, 0) is 69.1 Å². The number of anilines is 2. The SMILES string of the molecule is COCCOc1ccc(N2C(=O)Cc3ccc(B4OC(C)(C)C(C)(C)O4)cc32)cc1. The Morgan fingerprint density at radius 3 is 2.30 bits per heavy atom. The summed E-state index contributed by atoms with van der Waals surface area (Å²) in [5, 5.41) is 0. The second-order valence-electron chi connectivity index (χ2n) is 8.72. The van der Waals surface area contributed by atoms with Crippen LogP contribution in [0.15, 0.2) is 42.5 Å². The Bertz CT molecular complexity index is 925. The molecule has 2 aromatic carbocycles. The largest absolute Gasteiger partial charge is 0.494 e. The predicted octanol–water partition coefficient (Wildman–Crippen LogP) is 3.23. The van der Waals surface area contributed by atoms with Gasteiger partial charge in [-0.1, -0.05) is 12.1 Å². The van der Waals surface area contributed by atoms with Crippen LogP contribution in [0.4, 0.5) is 11.4 Å². The average Bonchev–Trinajstić information content (AvgIpc) is 3.13. The van der Waals surface area contributed by atoms with Crippen molar-refractivity contribution in [2.45, 2.75) is 45.3 Å². The number of carbonyl (C=O) groups excluding carboxylic acids is 1. The minimum atomic E-state index is -0.464. The van der Waals surface area contributed by atoms with E-state index in [0.717, 1.165) is 28.2 Å². The van der Waals surface area contributed by atoms with Crippen LogP contribution >= 0.6 is 0 Å². The maximum atomic E-state index is 12.8. The number of hydrogen-bond acceptors (Lipinski definition) is 5. The first-order valence-electron chi connectivity index (χ1n) is 10.2. The van der Waals surface area contributed by atoms with Crippen LogP contribution < -0.4 is 15.1 Å². The van der Waals surface area contributed by atoms with E-state index in [-0.39, 0.29) is 5.91 Å². The number of amides is 1. The average molecular weight is 409 g/mol. The highest BCUT2D eigenvalue weighted by Crippen LogP contribution is 2.39. The highest BCUT2D eigenvalue weighted by molar-refractivity contribution is 6.62. The Kier molecular flexibility index (Phi) is 5.38. The summed E-state index contributed by atoms with van der Waals surface area (Å²) in [5.74, 6) is 0.790. The van der Waals surface area contributed by atoms with Crippen molar-refractivity contribution in [3.05, 3.63) is 48.0 Å². The summed E-state index contributed by atoms with van der Waals surface area (Å²) in [6.45, 7) is 9.15. The fourth-order valence-electron chi connectivity index (χ4n) is 3.66. The second kappa shape index (κ2) is 7.73. The van der Waals surface area contributed by atoms with E-state index in [2.05, 4.69) is 0 Å². The second-order valence-corrected chi connectivity index (χ2v) is 8.72. The number of hydrogen-bond donors (Lipinski definition) is 0. The van der Waals surface area contributed by atoms with Gasteiger partial charge in [-0.15, -0.1) is 0 Å². The first kappa shape index (κ1) is 20.9. The van der Waals surface area contributed by atoms with Crippen LogP contribution in [0.25, 0.3) is 0 Å². The topological polar surface area (TPSA) is 57.2 Å². The van der Waals surface area contributed by atoms with Crippen LogP contribution in [0.3, 0.4) is 0 Å². The monoisotopic (exact) mass is 409 g/mol. The molecule has 1 saturated heterocycles. The quantitative estimate of drug-likeness (QED) is 0.542. The third kappa shape index (κ3) is 3.73. The van der Waals surface area contributed by atoms with Crippen molar-refractivity contribution in [3.8, 4) is 5.75 Å². The Labute approximate surface area is 178 Å². The number of rotatable bonds is 6. The number of carbonyl (C=O) groups is 1. The molecule has 0 N–H and O–H groups in total. The van der Waals surface area contributed by atoms with Crippen molar-refractivity contribution >= 4 is 29.9 Å². The fraction of sp³-hybridized carbons (Fsp3) is 0.435. The molecule has 2 aromatic rings. The molecule has 0 spiro atoms. The van der Waals surface area contributed by atoms with Gasteiger partial charge in [-0.3, -0.25) is 9.69 Å². The van der Waals surface area contributed by atoms with E-state index in [1.807, 2.05) is 70.2 Å². The molecule has 6 nitrogen and oxygen atoms in total. The minimum Gasteiger partial charge on any atom is -0.491 e. The molecule has 1 amide bonds. The number of ether oxygens (including phenoxy) is 2. The van der Waals surface area contributed by atoms with E-state index in [9.17, 15) is 4.79 Å². The molecule has 0 bridgehead atoms. The summed E-state index contributed by atoms with van der Waals surface area (Å²) in [5.41, 5.74) is 2.77. The van der Waals surface area contributed by atoms with E-state index in [1.165, 1.54) is 0 Å². The van der Waals surface area contributed by atoms with Gasteiger partial charge in [0.2, 0.25) is 5.91 Å². The maximum absolute atomic E-state index is 12.8. The van der Waals surface area contributed by atoms with Crippen LogP contribution in [-0.2, 0) is 25.3 Å². The molecule has 0 radical (unpaired) electrons. The Morgan fingerprint density at radius 1 is 1.00 bits per heavy atom. The summed E-state index contributed by atoms with van der Waals surface area (Å²) in [6, 6.07) is 13.5. The number of methoxy groups -OCH3 is 1. The van der Waals surface area contributed by atoms with Gasteiger partial charge in [0.1, 0.15) is 12.4 Å². The Morgan fingerprint density at radius 2 is 1.67 bits per heavy atom. The lowest BCUT2D eigenvalue weighted by Gasteiger charge is -2.32. The van der Waals surface area contributed by atoms with Crippen molar-refractivity contribution in [1.29, 1.82) is 0 Å². The van der Waals surface area contributed by atoms with Crippen molar-refractivity contribution in [2.24, 2.45) is 0 Å². The molecule has 4 rings (SSSR count). The molecular weight excluding hydrogens is 381 g/mol. The van der Waals surface area contributed by atoms with Crippen LogP contribution in [0, 0.1) is 0 Å². The third-order valence-corrected chi connectivity index (χ3v) is 6.12. The van der Waals surface area contributed by atoms with Gasteiger partial charge >= 0.3 is 7.12 Å². The lowest BCUT2D eigenvalue weighted by Crippen LogP contribution is -2.41. The summed E-state index contributed by atoms with van der Waals surface area (Å²) < 4.78 is 23.0. The molecule has 2 aliphatic rings. The molecular formula is C23H28BNO5. The Hall–Kier alpha value is -2.35. The van der Waals surface area contributed by atoms with Gasteiger partial charge in [-0.2, -0.15) is 0 Å². The van der Waals surface area contributed by atoms with Crippen LogP contribution in [0.1, 0.15) is 33.3 Å². The third-order valence-electron chi connectivity index (χ3n) is 6.12. The number of nitrogens with zero attached hydrogens (tertiary/aromatic N) is 1. The summed E-state index contributed by atoms with van der Waals surface area (Å²) in [4.78, 5) is 14.5. The van der Waals surface area contributed by atoms with Gasteiger partial charge in [0, 0.05) is 12.8 Å². The lowest BCUT2D eigenvalue weighted by molar-refractivity contribution is -0.116. The molecule has 1 fully saturated rings. The number of fused-ring (bicyclic) bond motifs is 1. The molecule has 7 heteroatoms. The minimum absolute atomic E-state index is 0.0455. The van der Waals surface area contributed by atoms with Crippen LogP contribution in [0.5, 0.6) is 5.75 Å². The molecule has 0 saturated carbocycles. The summed E-state index contributed by atoms with van der Waals surface area (Å²) >= 11 is 0. The lowest BCUT2D eigenvalue weighted by atomic mass is 9.78. The zero-order valence-electron chi connectivity index (χ0n) is 18.2. The van der Waals surface area contributed by atoms with Gasteiger partial charge in [0.15, 0.2) is 0 Å². The maximum Gasteiger partial charge on any atom is 0.494 e. The van der Waals surface area contributed by atoms with E-state index in [1.54, 1.807) is 12.0 Å². The van der Waals surface area contributed by atoms with E-state index < -0.39 is 18.3 Å². The number of benzene rings is 2. The molecule has 158 valence electrons. The van der Waals surface area contributed by atoms with Crippen LogP contribution in [-0.4, -0.2) is 44.6 Å². The predicted molar refractivity (Wildman–Crippen MR) is 117 cm³/mol. The molecule has 2 aliphatic heterocycles. The molecule has 30 heavy (non-hydrogen) atoms. The van der Waals surface area contributed by atoms with E-state index in [4.69, 9.17) is 18.8 Å².